The summed E-state index contributed by atoms with van der Waals surface area (Å²) in [5, 5.41) is 14.1. The second kappa shape index (κ2) is 7.63. The highest BCUT2D eigenvalue weighted by molar-refractivity contribution is 7.13. The van der Waals surface area contributed by atoms with Gasteiger partial charge in [0.1, 0.15) is 22.6 Å². The fourth-order valence-electron chi connectivity index (χ4n) is 3.70. The van der Waals surface area contributed by atoms with Crippen LogP contribution < -0.4 is 10.1 Å². The van der Waals surface area contributed by atoms with Crippen molar-refractivity contribution < 1.29 is 19.4 Å². The SMILES string of the molecule is COc1ccc(C(=O)NC2CCC(C(=O)O)CC2)c2nc(-c3cccs3)[nH]c12. The summed E-state index contributed by atoms with van der Waals surface area (Å²) in [6.45, 7) is 0. The number of benzene rings is 1. The molecule has 1 amide bonds. The van der Waals surface area contributed by atoms with Gasteiger partial charge in [-0.05, 0) is 49.3 Å². The van der Waals surface area contributed by atoms with E-state index in [1.165, 1.54) is 0 Å². The van der Waals surface area contributed by atoms with Crippen LogP contribution in [0, 0.1) is 5.92 Å². The second-order valence-corrected chi connectivity index (χ2v) is 7.91. The normalized spacial score (nSPS) is 19.5. The lowest BCUT2D eigenvalue weighted by molar-refractivity contribution is -0.142. The van der Waals surface area contributed by atoms with Gasteiger partial charge in [0.25, 0.3) is 5.91 Å². The Hall–Kier alpha value is -2.87. The van der Waals surface area contributed by atoms with E-state index in [-0.39, 0.29) is 17.9 Å². The zero-order valence-electron chi connectivity index (χ0n) is 15.4. The van der Waals surface area contributed by atoms with Gasteiger partial charge in [0.05, 0.1) is 23.5 Å². The van der Waals surface area contributed by atoms with Crippen LogP contribution in [0.25, 0.3) is 21.7 Å². The molecule has 2 aromatic heterocycles. The third-order valence-electron chi connectivity index (χ3n) is 5.24. The Morgan fingerprint density at radius 3 is 2.68 bits per heavy atom. The van der Waals surface area contributed by atoms with E-state index in [0.717, 1.165) is 4.88 Å². The maximum Gasteiger partial charge on any atom is 0.306 e. The molecule has 1 aliphatic rings. The first kappa shape index (κ1) is 18.5. The molecule has 28 heavy (non-hydrogen) atoms. The van der Waals surface area contributed by atoms with Gasteiger partial charge in [0.2, 0.25) is 0 Å². The van der Waals surface area contributed by atoms with Gasteiger partial charge in [0, 0.05) is 6.04 Å². The minimum absolute atomic E-state index is 0.0176. The third-order valence-corrected chi connectivity index (χ3v) is 6.11. The molecular formula is C20H21N3O4S. The molecule has 7 nitrogen and oxygen atoms in total. The lowest BCUT2D eigenvalue weighted by Gasteiger charge is -2.26. The highest BCUT2D eigenvalue weighted by Gasteiger charge is 2.27. The summed E-state index contributed by atoms with van der Waals surface area (Å²) in [5.41, 5.74) is 1.74. The summed E-state index contributed by atoms with van der Waals surface area (Å²) in [6.07, 6.45) is 2.51. The van der Waals surface area contributed by atoms with Crippen molar-refractivity contribution >= 4 is 34.2 Å². The van der Waals surface area contributed by atoms with E-state index in [1.54, 1.807) is 30.6 Å². The van der Waals surface area contributed by atoms with Crippen LogP contribution in [0.15, 0.2) is 29.6 Å². The maximum atomic E-state index is 12.9. The van der Waals surface area contributed by atoms with Crippen molar-refractivity contribution in [1.82, 2.24) is 15.3 Å². The van der Waals surface area contributed by atoms with Gasteiger partial charge in [-0.15, -0.1) is 11.3 Å². The second-order valence-electron chi connectivity index (χ2n) is 6.96. The van der Waals surface area contributed by atoms with E-state index in [9.17, 15) is 9.59 Å². The lowest BCUT2D eigenvalue weighted by atomic mass is 9.86. The molecule has 0 radical (unpaired) electrons. The Morgan fingerprint density at radius 2 is 2.04 bits per heavy atom. The first-order chi connectivity index (χ1) is 13.6. The Bertz CT molecular complexity index is 1000. The fourth-order valence-corrected chi connectivity index (χ4v) is 4.37. The Balaban J connectivity index is 1.59. The zero-order chi connectivity index (χ0) is 19.7. The highest BCUT2D eigenvalue weighted by Crippen LogP contribution is 2.32. The first-order valence-corrected chi connectivity index (χ1v) is 10.1. The number of hydrogen-bond donors (Lipinski definition) is 3. The van der Waals surface area contributed by atoms with Gasteiger partial charge in [-0.3, -0.25) is 9.59 Å². The molecule has 1 saturated carbocycles. The number of nitrogens with one attached hydrogen (secondary N) is 2. The number of imidazole rings is 1. The van der Waals surface area contributed by atoms with E-state index in [2.05, 4.69) is 15.3 Å². The van der Waals surface area contributed by atoms with Crippen molar-refractivity contribution in [2.45, 2.75) is 31.7 Å². The van der Waals surface area contributed by atoms with Gasteiger partial charge < -0.3 is 20.1 Å². The predicted octanol–water partition coefficient (Wildman–Crippen LogP) is 3.67. The van der Waals surface area contributed by atoms with Crippen molar-refractivity contribution in [2.75, 3.05) is 7.11 Å². The van der Waals surface area contributed by atoms with E-state index in [0.29, 0.717) is 53.9 Å². The number of H-pyrrole nitrogens is 1. The summed E-state index contributed by atoms with van der Waals surface area (Å²) in [4.78, 5) is 32.9. The number of thiophene rings is 1. The number of hydrogen-bond acceptors (Lipinski definition) is 5. The fraction of sp³-hybridized carbons (Fsp3) is 0.350. The van der Waals surface area contributed by atoms with Crippen molar-refractivity contribution in [3.05, 3.63) is 35.2 Å². The van der Waals surface area contributed by atoms with E-state index in [4.69, 9.17) is 9.84 Å². The summed E-state index contributed by atoms with van der Waals surface area (Å²) in [5.74, 6) is 0.0739. The average molecular weight is 399 g/mol. The van der Waals surface area contributed by atoms with Crippen LogP contribution in [0.4, 0.5) is 0 Å². The van der Waals surface area contributed by atoms with Crippen LogP contribution in [0.3, 0.4) is 0 Å². The molecule has 3 aromatic rings. The van der Waals surface area contributed by atoms with Gasteiger partial charge in [-0.1, -0.05) is 6.07 Å². The number of carbonyl (C=O) groups excluding carboxylic acids is 1. The van der Waals surface area contributed by atoms with Gasteiger partial charge in [0.15, 0.2) is 0 Å². The lowest BCUT2D eigenvalue weighted by Crippen LogP contribution is -2.38. The quantitative estimate of drug-likeness (QED) is 0.607. The Morgan fingerprint density at radius 1 is 1.25 bits per heavy atom. The van der Waals surface area contributed by atoms with Crippen molar-refractivity contribution in [3.63, 3.8) is 0 Å². The van der Waals surface area contributed by atoms with E-state index < -0.39 is 5.97 Å². The molecule has 0 saturated heterocycles. The molecule has 8 heteroatoms. The Kier molecular flexibility index (Phi) is 5.04. The largest absolute Gasteiger partial charge is 0.494 e. The summed E-state index contributed by atoms with van der Waals surface area (Å²) in [7, 11) is 1.58. The van der Waals surface area contributed by atoms with Crippen LogP contribution in [-0.4, -0.2) is 40.1 Å². The number of rotatable bonds is 5. The maximum absolute atomic E-state index is 12.9. The molecule has 0 aliphatic heterocycles. The Labute approximate surface area is 165 Å². The number of aliphatic carboxylic acids is 1. The molecule has 0 unspecified atom stereocenters. The summed E-state index contributed by atoms with van der Waals surface area (Å²) in [6, 6.07) is 7.38. The number of aromatic amines is 1. The number of ether oxygens (including phenoxy) is 1. The van der Waals surface area contributed by atoms with Crippen LogP contribution in [0.1, 0.15) is 36.0 Å². The molecule has 1 aromatic carbocycles. The van der Waals surface area contributed by atoms with Crippen molar-refractivity contribution in [3.8, 4) is 16.5 Å². The van der Waals surface area contributed by atoms with Crippen LogP contribution in [-0.2, 0) is 4.79 Å². The molecule has 0 atom stereocenters. The van der Waals surface area contributed by atoms with Crippen molar-refractivity contribution in [2.24, 2.45) is 5.92 Å². The van der Waals surface area contributed by atoms with Crippen LogP contribution in [0.2, 0.25) is 0 Å². The summed E-state index contributed by atoms with van der Waals surface area (Å²) < 4.78 is 5.42. The number of fused-ring (bicyclic) bond motifs is 1. The van der Waals surface area contributed by atoms with Crippen LogP contribution in [0.5, 0.6) is 5.75 Å². The summed E-state index contributed by atoms with van der Waals surface area (Å²) >= 11 is 1.57. The third kappa shape index (κ3) is 3.47. The number of aromatic nitrogens is 2. The smallest absolute Gasteiger partial charge is 0.306 e. The predicted molar refractivity (Wildman–Crippen MR) is 107 cm³/mol. The van der Waals surface area contributed by atoms with Gasteiger partial charge in [-0.25, -0.2) is 4.98 Å². The number of carboxylic acids is 1. The minimum atomic E-state index is -0.751. The van der Waals surface area contributed by atoms with Crippen molar-refractivity contribution in [1.29, 1.82) is 0 Å². The number of nitrogens with zero attached hydrogens (tertiary/aromatic N) is 1. The molecule has 146 valence electrons. The van der Waals surface area contributed by atoms with Gasteiger partial charge in [-0.2, -0.15) is 0 Å². The molecular weight excluding hydrogens is 378 g/mol. The molecule has 0 spiro atoms. The number of amides is 1. The molecule has 0 bridgehead atoms. The number of carbonyl (C=O) groups is 2. The standard InChI is InChI=1S/C20H21N3O4S/c1-27-14-9-8-13(16-17(14)23-18(22-16)15-3-2-10-28-15)19(24)21-12-6-4-11(5-7-12)20(25)26/h2-3,8-12H,4-7H2,1H3,(H,21,24)(H,22,23)(H,25,26). The highest BCUT2D eigenvalue weighted by atomic mass is 32.1. The molecule has 1 aliphatic carbocycles. The first-order valence-electron chi connectivity index (χ1n) is 9.21. The topological polar surface area (TPSA) is 104 Å². The minimum Gasteiger partial charge on any atom is -0.494 e. The van der Waals surface area contributed by atoms with E-state index >= 15 is 0 Å². The average Bonchev–Trinajstić information content (AvgIpc) is 3.37. The number of methoxy groups -OCH3 is 1. The number of carboxylic acid groups (broad SMARTS) is 1. The zero-order valence-corrected chi connectivity index (χ0v) is 16.2. The van der Waals surface area contributed by atoms with Gasteiger partial charge >= 0.3 is 5.97 Å². The van der Waals surface area contributed by atoms with E-state index in [1.807, 2.05) is 17.5 Å². The molecule has 4 rings (SSSR count). The molecule has 3 N–H and O–H groups in total. The monoisotopic (exact) mass is 399 g/mol. The van der Waals surface area contributed by atoms with Crippen LogP contribution >= 0.6 is 11.3 Å². The molecule has 1 fully saturated rings. The molecule has 2 heterocycles.